The van der Waals surface area contributed by atoms with Crippen LogP contribution >= 0.6 is 11.6 Å². The third kappa shape index (κ3) is 6.14. The van der Waals surface area contributed by atoms with E-state index in [-0.39, 0.29) is 22.7 Å². The Morgan fingerprint density at radius 1 is 1.14 bits per heavy atom. The van der Waals surface area contributed by atoms with Crippen molar-refractivity contribution in [2.45, 2.75) is 111 Å². The van der Waals surface area contributed by atoms with Crippen molar-refractivity contribution in [3.63, 3.8) is 0 Å². The molecule has 2 N–H and O–H groups in total. The van der Waals surface area contributed by atoms with E-state index >= 15 is 0 Å². The van der Waals surface area contributed by atoms with Gasteiger partial charge in [-0.25, -0.2) is 4.98 Å². The number of aromatic amines is 1. The summed E-state index contributed by atoms with van der Waals surface area (Å²) >= 11 is 6.40. The molecule has 3 aromatic rings. The molecule has 0 fully saturated rings. The number of aromatic nitrogens is 4. The quantitative estimate of drug-likeness (QED) is 0.272. The molecule has 1 amide bonds. The molecule has 0 saturated carbocycles. The Kier molecular flexibility index (Phi) is 8.99. The zero-order chi connectivity index (χ0) is 27.5. The lowest BCUT2D eigenvalue weighted by atomic mass is 9.76. The number of aryl methyl sites for hydroxylation is 1. The van der Waals surface area contributed by atoms with Crippen LogP contribution < -0.4 is 10.1 Å². The first-order chi connectivity index (χ1) is 17.4. The van der Waals surface area contributed by atoms with Gasteiger partial charge < -0.3 is 10.1 Å². The second-order valence-corrected chi connectivity index (χ2v) is 11.7. The number of halogens is 1. The zero-order valence-electron chi connectivity index (χ0n) is 24.0. The number of fused-ring (bicyclic) bond motifs is 1. The molecule has 0 aliphatic carbocycles. The van der Waals surface area contributed by atoms with Crippen molar-refractivity contribution in [1.82, 2.24) is 25.1 Å². The summed E-state index contributed by atoms with van der Waals surface area (Å²) in [5.74, 6) is 1.19. The molecule has 0 saturated heterocycles. The number of amides is 1. The van der Waals surface area contributed by atoms with Crippen molar-refractivity contribution >= 4 is 23.2 Å². The molecule has 3 rings (SSSR count). The average molecular weight is 530 g/mol. The highest BCUT2D eigenvalue weighted by Gasteiger charge is 2.29. The molecule has 0 aliphatic rings. The molecular formula is C29H44ClN5O2. The fourth-order valence-corrected chi connectivity index (χ4v) is 4.51. The molecule has 2 atom stereocenters. The monoisotopic (exact) mass is 529 g/mol. The van der Waals surface area contributed by atoms with E-state index in [0.29, 0.717) is 29.5 Å². The van der Waals surface area contributed by atoms with Gasteiger partial charge in [-0.3, -0.25) is 9.89 Å². The minimum absolute atomic E-state index is 0.0732. The van der Waals surface area contributed by atoms with Crippen molar-refractivity contribution < 1.29 is 9.53 Å². The van der Waals surface area contributed by atoms with E-state index in [1.54, 1.807) is 4.63 Å². The van der Waals surface area contributed by atoms with Gasteiger partial charge in [-0.1, -0.05) is 86.0 Å². The van der Waals surface area contributed by atoms with Crippen LogP contribution in [0.3, 0.4) is 0 Å². The summed E-state index contributed by atoms with van der Waals surface area (Å²) < 4.78 is 8.00. The van der Waals surface area contributed by atoms with Crippen LogP contribution in [0, 0.1) is 0 Å². The van der Waals surface area contributed by atoms with Gasteiger partial charge in [0.2, 0.25) is 0 Å². The minimum atomic E-state index is -0.588. The van der Waals surface area contributed by atoms with Gasteiger partial charge in [-0.15, -0.1) is 5.10 Å². The fraction of sp³-hybridized carbons (Fsp3) is 0.621. The maximum absolute atomic E-state index is 13.2. The molecule has 0 radical (unpaired) electrons. The van der Waals surface area contributed by atoms with Gasteiger partial charge in [0.15, 0.2) is 17.6 Å². The summed E-state index contributed by atoms with van der Waals surface area (Å²) in [5.41, 5.74) is 3.96. The van der Waals surface area contributed by atoms with Crippen LogP contribution in [0.4, 0.5) is 0 Å². The van der Waals surface area contributed by atoms with Crippen LogP contribution in [0.25, 0.3) is 5.65 Å². The Bertz CT molecular complexity index is 1230. The molecule has 1 aromatic carbocycles. The number of nitrogens with one attached hydrogen (secondary N) is 2. The number of H-pyrrole nitrogens is 1. The highest BCUT2D eigenvalue weighted by atomic mass is 35.5. The molecule has 2 aromatic heterocycles. The number of benzene rings is 1. The van der Waals surface area contributed by atoms with Crippen LogP contribution in [0.15, 0.2) is 18.2 Å². The van der Waals surface area contributed by atoms with E-state index in [4.69, 9.17) is 16.3 Å². The lowest BCUT2D eigenvalue weighted by Gasteiger charge is -2.31. The SMILES string of the molecule is CCc1[nH]n2nc(C(C)CNC(=O)C(CC)Oc3ccc(C(C)(C)CC)cc3C(C)(C)CC)nc2c1Cl. The molecule has 0 bridgehead atoms. The van der Waals surface area contributed by atoms with Gasteiger partial charge in [0.05, 0.1) is 5.69 Å². The van der Waals surface area contributed by atoms with E-state index in [1.165, 1.54) is 5.56 Å². The summed E-state index contributed by atoms with van der Waals surface area (Å²) in [7, 11) is 0. The van der Waals surface area contributed by atoms with Crippen molar-refractivity contribution in [3.05, 3.63) is 45.9 Å². The number of hydrogen-bond acceptors (Lipinski definition) is 4. The number of hydrogen-bond donors (Lipinski definition) is 2. The number of rotatable bonds is 12. The molecule has 8 heteroatoms. The normalized spacial score (nSPS) is 14.1. The van der Waals surface area contributed by atoms with E-state index in [9.17, 15) is 4.79 Å². The van der Waals surface area contributed by atoms with Crippen molar-refractivity contribution in [3.8, 4) is 5.75 Å². The fourth-order valence-electron chi connectivity index (χ4n) is 4.21. The van der Waals surface area contributed by atoms with Crippen LogP contribution in [0.1, 0.15) is 110 Å². The molecule has 204 valence electrons. The minimum Gasteiger partial charge on any atom is -0.480 e. The van der Waals surface area contributed by atoms with Crippen LogP contribution in [0.2, 0.25) is 5.02 Å². The third-order valence-electron chi connectivity index (χ3n) is 7.89. The largest absolute Gasteiger partial charge is 0.480 e. The molecule has 37 heavy (non-hydrogen) atoms. The maximum Gasteiger partial charge on any atom is 0.261 e. The predicted molar refractivity (Wildman–Crippen MR) is 151 cm³/mol. The second kappa shape index (κ2) is 11.5. The van der Waals surface area contributed by atoms with Gasteiger partial charge in [0, 0.05) is 18.0 Å². The van der Waals surface area contributed by atoms with Crippen LogP contribution in [0.5, 0.6) is 5.75 Å². The molecule has 0 aliphatic heterocycles. The molecule has 7 nitrogen and oxygen atoms in total. The Morgan fingerprint density at radius 3 is 2.38 bits per heavy atom. The van der Waals surface area contributed by atoms with Gasteiger partial charge in [-0.2, -0.15) is 4.63 Å². The Morgan fingerprint density at radius 2 is 1.81 bits per heavy atom. The predicted octanol–water partition coefficient (Wildman–Crippen LogP) is 6.73. The first kappa shape index (κ1) is 29.0. The topological polar surface area (TPSA) is 84.3 Å². The van der Waals surface area contributed by atoms with Gasteiger partial charge >= 0.3 is 0 Å². The third-order valence-corrected chi connectivity index (χ3v) is 8.29. The zero-order valence-corrected chi connectivity index (χ0v) is 24.7. The maximum atomic E-state index is 13.2. The van der Waals surface area contributed by atoms with Crippen molar-refractivity contribution in [1.29, 1.82) is 0 Å². The van der Waals surface area contributed by atoms with Gasteiger partial charge in [0.1, 0.15) is 10.8 Å². The van der Waals surface area contributed by atoms with Crippen LogP contribution in [-0.4, -0.2) is 38.4 Å². The lowest BCUT2D eigenvalue weighted by molar-refractivity contribution is -0.128. The Labute approximate surface area is 226 Å². The summed E-state index contributed by atoms with van der Waals surface area (Å²) in [6.07, 6.45) is 2.77. The van der Waals surface area contributed by atoms with E-state index in [1.807, 2.05) is 26.8 Å². The summed E-state index contributed by atoms with van der Waals surface area (Å²) in [6, 6.07) is 6.46. The number of carbonyl (C=O) groups is 1. The molecule has 2 heterocycles. The highest BCUT2D eigenvalue weighted by Crippen LogP contribution is 2.39. The number of carbonyl (C=O) groups excluding carboxylic acids is 1. The number of nitrogens with zero attached hydrogens (tertiary/aromatic N) is 3. The summed E-state index contributed by atoms with van der Waals surface area (Å²) in [4.78, 5) is 17.7. The Hall–Kier alpha value is -2.54. The van der Waals surface area contributed by atoms with Gasteiger partial charge in [0.25, 0.3) is 5.91 Å². The lowest BCUT2D eigenvalue weighted by Crippen LogP contribution is -2.40. The smallest absolute Gasteiger partial charge is 0.261 e. The van der Waals surface area contributed by atoms with Crippen molar-refractivity contribution in [2.24, 2.45) is 0 Å². The highest BCUT2D eigenvalue weighted by molar-refractivity contribution is 6.34. The first-order valence-electron chi connectivity index (χ1n) is 13.6. The van der Waals surface area contributed by atoms with E-state index in [0.717, 1.165) is 36.3 Å². The first-order valence-corrected chi connectivity index (χ1v) is 14.0. The summed E-state index contributed by atoms with van der Waals surface area (Å²) in [6.45, 7) is 19.8. The van der Waals surface area contributed by atoms with Gasteiger partial charge in [-0.05, 0) is 48.1 Å². The number of ether oxygens (including phenoxy) is 1. The standard InChI is InChI=1S/C29H44ClN5O2/c1-10-21-24(30)26-32-25(34-35(26)33-21)18(5)17-31-27(36)22(11-2)37-23-15-14-19(28(6,7)12-3)16-20(23)29(8,9)13-4/h14-16,18,22,33H,10-13,17H2,1-9H3,(H,31,36). The second-order valence-electron chi connectivity index (χ2n) is 11.3. The molecule has 0 spiro atoms. The average Bonchev–Trinajstić information content (AvgIpc) is 3.44. The summed E-state index contributed by atoms with van der Waals surface area (Å²) in [5, 5.41) is 11.3. The van der Waals surface area contributed by atoms with E-state index < -0.39 is 6.10 Å². The Balaban J connectivity index is 1.74. The van der Waals surface area contributed by atoms with Crippen LogP contribution in [-0.2, 0) is 22.0 Å². The molecule has 2 unspecified atom stereocenters. The van der Waals surface area contributed by atoms with E-state index in [2.05, 4.69) is 74.2 Å². The van der Waals surface area contributed by atoms with Crippen molar-refractivity contribution in [2.75, 3.05) is 6.54 Å². The molecular weight excluding hydrogens is 486 g/mol.